The summed E-state index contributed by atoms with van der Waals surface area (Å²) in [5.74, 6) is -0.568. The standard InChI is InChI=1S/C28H31FN2O3/c1-20(2)30-28(33)26(17-22-9-5-4-6-10-22)31(18-23-11-7-8-12-25(23)29)27(32)19-34-24-15-13-21(3)14-16-24/h4-16,20,26H,17-19H2,1-3H3,(H,30,33)/t26-/m0/s1. The number of nitrogens with one attached hydrogen (secondary N) is 1. The highest BCUT2D eigenvalue weighted by atomic mass is 19.1. The highest BCUT2D eigenvalue weighted by Crippen LogP contribution is 2.18. The molecule has 0 bridgehead atoms. The van der Waals surface area contributed by atoms with Crippen LogP contribution in [0.4, 0.5) is 4.39 Å². The number of benzene rings is 3. The highest BCUT2D eigenvalue weighted by Gasteiger charge is 2.31. The van der Waals surface area contributed by atoms with Crippen LogP contribution in [0.3, 0.4) is 0 Å². The first-order chi connectivity index (χ1) is 16.3. The average molecular weight is 463 g/mol. The van der Waals surface area contributed by atoms with Crippen LogP contribution in [0, 0.1) is 12.7 Å². The van der Waals surface area contributed by atoms with Crippen LogP contribution in [0.15, 0.2) is 78.9 Å². The maximum Gasteiger partial charge on any atom is 0.261 e. The fraction of sp³-hybridized carbons (Fsp3) is 0.286. The molecule has 34 heavy (non-hydrogen) atoms. The Labute approximate surface area is 200 Å². The Balaban J connectivity index is 1.91. The van der Waals surface area contributed by atoms with Gasteiger partial charge in [0.25, 0.3) is 5.91 Å². The third kappa shape index (κ3) is 7.17. The van der Waals surface area contributed by atoms with E-state index < -0.39 is 17.8 Å². The molecule has 5 nitrogen and oxygen atoms in total. The lowest BCUT2D eigenvalue weighted by molar-refractivity contribution is -0.143. The summed E-state index contributed by atoms with van der Waals surface area (Å²) < 4.78 is 20.3. The van der Waals surface area contributed by atoms with Gasteiger partial charge < -0.3 is 15.0 Å². The lowest BCUT2D eigenvalue weighted by Crippen LogP contribution is -2.53. The van der Waals surface area contributed by atoms with Gasteiger partial charge in [-0.2, -0.15) is 0 Å². The van der Waals surface area contributed by atoms with Gasteiger partial charge in [0.1, 0.15) is 17.6 Å². The Kier molecular flexibility index (Phi) is 8.79. The number of ether oxygens (including phenoxy) is 1. The molecule has 0 saturated heterocycles. The van der Waals surface area contributed by atoms with Gasteiger partial charge in [-0.05, 0) is 44.5 Å². The van der Waals surface area contributed by atoms with Gasteiger partial charge in [0.15, 0.2) is 6.61 Å². The van der Waals surface area contributed by atoms with Crippen molar-refractivity contribution in [2.75, 3.05) is 6.61 Å². The highest BCUT2D eigenvalue weighted by molar-refractivity contribution is 5.88. The first-order valence-corrected chi connectivity index (χ1v) is 11.4. The summed E-state index contributed by atoms with van der Waals surface area (Å²) in [6.45, 7) is 5.37. The first kappa shape index (κ1) is 25.0. The number of carbonyl (C=O) groups is 2. The molecule has 0 aliphatic rings. The Morgan fingerprint density at radius 2 is 1.59 bits per heavy atom. The van der Waals surface area contributed by atoms with E-state index in [1.165, 1.54) is 11.0 Å². The van der Waals surface area contributed by atoms with E-state index in [4.69, 9.17) is 4.74 Å². The molecule has 0 aliphatic heterocycles. The monoisotopic (exact) mass is 462 g/mol. The molecular formula is C28H31FN2O3. The number of rotatable bonds is 10. The molecule has 0 saturated carbocycles. The van der Waals surface area contributed by atoms with Crippen molar-refractivity contribution in [3.05, 3.63) is 101 Å². The second-order valence-corrected chi connectivity index (χ2v) is 8.58. The van der Waals surface area contributed by atoms with Crippen LogP contribution >= 0.6 is 0 Å². The number of carbonyl (C=O) groups excluding carboxylic acids is 2. The van der Waals surface area contributed by atoms with E-state index in [9.17, 15) is 14.0 Å². The molecule has 0 aliphatic carbocycles. The molecule has 0 fully saturated rings. The van der Waals surface area contributed by atoms with Gasteiger partial charge in [0.05, 0.1) is 0 Å². The van der Waals surface area contributed by atoms with E-state index in [-0.39, 0.29) is 25.1 Å². The lowest BCUT2D eigenvalue weighted by Gasteiger charge is -2.32. The van der Waals surface area contributed by atoms with Crippen LogP contribution in [-0.2, 0) is 22.6 Å². The Bertz CT molecular complexity index is 1080. The number of hydrogen-bond acceptors (Lipinski definition) is 3. The summed E-state index contributed by atoms with van der Waals surface area (Å²) >= 11 is 0. The number of nitrogens with zero attached hydrogens (tertiary/aromatic N) is 1. The van der Waals surface area contributed by atoms with Crippen molar-refractivity contribution in [1.82, 2.24) is 10.2 Å². The van der Waals surface area contributed by atoms with Crippen LogP contribution in [-0.4, -0.2) is 35.4 Å². The van der Waals surface area contributed by atoms with Crippen molar-refractivity contribution in [2.45, 2.75) is 45.8 Å². The Morgan fingerprint density at radius 3 is 2.24 bits per heavy atom. The SMILES string of the molecule is Cc1ccc(OCC(=O)N(Cc2ccccc2F)[C@@H](Cc2ccccc2)C(=O)NC(C)C)cc1. The summed E-state index contributed by atoms with van der Waals surface area (Å²) in [7, 11) is 0. The predicted molar refractivity (Wildman–Crippen MR) is 131 cm³/mol. The van der Waals surface area contributed by atoms with E-state index in [1.54, 1.807) is 30.3 Å². The van der Waals surface area contributed by atoms with Gasteiger partial charge in [-0.15, -0.1) is 0 Å². The van der Waals surface area contributed by atoms with Gasteiger partial charge >= 0.3 is 0 Å². The summed E-state index contributed by atoms with van der Waals surface area (Å²) in [5, 5.41) is 2.91. The predicted octanol–water partition coefficient (Wildman–Crippen LogP) is 4.68. The van der Waals surface area contributed by atoms with Crippen molar-refractivity contribution in [3.8, 4) is 5.75 Å². The number of halogens is 1. The van der Waals surface area contributed by atoms with Crippen LogP contribution < -0.4 is 10.1 Å². The minimum atomic E-state index is -0.835. The van der Waals surface area contributed by atoms with Crippen LogP contribution in [0.1, 0.15) is 30.5 Å². The maximum absolute atomic E-state index is 14.5. The zero-order chi connectivity index (χ0) is 24.5. The van der Waals surface area contributed by atoms with E-state index in [0.29, 0.717) is 17.7 Å². The van der Waals surface area contributed by atoms with E-state index >= 15 is 0 Å². The molecule has 0 spiro atoms. The fourth-order valence-corrected chi connectivity index (χ4v) is 3.61. The van der Waals surface area contributed by atoms with Crippen molar-refractivity contribution in [1.29, 1.82) is 0 Å². The summed E-state index contributed by atoms with van der Waals surface area (Å²) in [5.41, 5.74) is 2.31. The number of aryl methyl sites for hydroxylation is 1. The molecule has 1 N–H and O–H groups in total. The zero-order valence-electron chi connectivity index (χ0n) is 19.8. The van der Waals surface area contributed by atoms with Crippen molar-refractivity contribution >= 4 is 11.8 Å². The third-order valence-electron chi connectivity index (χ3n) is 5.38. The molecule has 2 amide bonds. The molecule has 6 heteroatoms. The molecule has 3 rings (SSSR count). The Hall–Kier alpha value is -3.67. The topological polar surface area (TPSA) is 58.6 Å². The van der Waals surface area contributed by atoms with Gasteiger partial charge in [-0.1, -0.05) is 66.2 Å². The minimum absolute atomic E-state index is 0.0498. The molecule has 0 aromatic heterocycles. The molecule has 0 heterocycles. The quantitative estimate of drug-likeness (QED) is 0.476. The number of amides is 2. The summed E-state index contributed by atoms with van der Waals surface area (Å²) in [6.07, 6.45) is 0.296. The van der Waals surface area contributed by atoms with Gasteiger partial charge in [0.2, 0.25) is 5.91 Å². The van der Waals surface area contributed by atoms with Crippen molar-refractivity contribution in [2.24, 2.45) is 0 Å². The first-order valence-electron chi connectivity index (χ1n) is 11.4. The van der Waals surface area contributed by atoms with Gasteiger partial charge in [-0.3, -0.25) is 9.59 Å². The second-order valence-electron chi connectivity index (χ2n) is 8.58. The zero-order valence-corrected chi connectivity index (χ0v) is 19.8. The van der Waals surface area contributed by atoms with E-state index in [2.05, 4.69) is 5.32 Å². The lowest BCUT2D eigenvalue weighted by atomic mass is 10.0. The molecule has 0 unspecified atom stereocenters. The maximum atomic E-state index is 14.5. The van der Waals surface area contributed by atoms with Gasteiger partial charge in [-0.25, -0.2) is 4.39 Å². The summed E-state index contributed by atoms with van der Waals surface area (Å²) in [4.78, 5) is 28.1. The smallest absolute Gasteiger partial charge is 0.261 e. The minimum Gasteiger partial charge on any atom is -0.484 e. The normalized spacial score (nSPS) is 11.7. The largest absolute Gasteiger partial charge is 0.484 e. The molecule has 3 aromatic rings. The second kappa shape index (κ2) is 12.0. The van der Waals surface area contributed by atoms with Gasteiger partial charge in [0, 0.05) is 24.6 Å². The summed E-state index contributed by atoms with van der Waals surface area (Å²) in [6, 6.07) is 22.2. The van der Waals surface area contributed by atoms with E-state index in [0.717, 1.165) is 11.1 Å². The third-order valence-corrected chi connectivity index (χ3v) is 5.38. The molecule has 178 valence electrons. The Morgan fingerprint density at radius 1 is 0.941 bits per heavy atom. The van der Waals surface area contributed by atoms with Crippen molar-refractivity contribution < 1.29 is 18.7 Å². The van der Waals surface area contributed by atoms with E-state index in [1.807, 2.05) is 63.2 Å². The van der Waals surface area contributed by atoms with Crippen LogP contribution in [0.2, 0.25) is 0 Å². The molecule has 1 atom stereocenters. The van der Waals surface area contributed by atoms with Crippen LogP contribution in [0.5, 0.6) is 5.75 Å². The molecular weight excluding hydrogens is 431 g/mol. The van der Waals surface area contributed by atoms with Crippen LogP contribution in [0.25, 0.3) is 0 Å². The molecule has 3 aromatic carbocycles. The average Bonchev–Trinajstić information content (AvgIpc) is 2.82. The van der Waals surface area contributed by atoms with Crippen molar-refractivity contribution in [3.63, 3.8) is 0 Å². The fourth-order valence-electron chi connectivity index (χ4n) is 3.61. The number of hydrogen-bond donors (Lipinski definition) is 1. The molecule has 0 radical (unpaired) electrons.